The fraction of sp³-hybridized carbons (Fsp3) is 0.429. The number of halogens is 1. The highest BCUT2D eigenvalue weighted by Crippen LogP contribution is 2.33. The van der Waals surface area contributed by atoms with Crippen LogP contribution in [0.25, 0.3) is 0 Å². The highest BCUT2D eigenvalue weighted by atomic mass is 35.5. The zero-order chi connectivity index (χ0) is 21.3. The fourth-order valence-corrected chi connectivity index (χ4v) is 4.12. The highest BCUT2D eigenvalue weighted by molar-refractivity contribution is 6.30. The maximum Gasteiger partial charge on any atom is 0.153 e. The molecule has 0 amide bonds. The number of hydrogen-bond acceptors (Lipinski definition) is 8. The van der Waals surface area contributed by atoms with Crippen LogP contribution in [-0.4, -0.2) is 46.3 Å². The van der Waals surface area contributed by atoms with E-state index < -0.39 is 5.60 Å². The van der Waals surface area contributed by atoms with Gasteiger partial charge < -0.3 is 15.2 Å². The van der Waals surface area contributed by atoms with Gasteiger partial charge in [0.25, 0.3) is 0 Å². The lowest BCUT2D eigenvalue weighted by atomic mass is 9.95. The van der Waals surface area contributed by atoms with Gasteiger partial charge in [0, 0.05) is 30.9 Å². The van der Waals surface area contributed by atoms with Crippen LogP contribution in [-0.2, 0) is 29.8 Å². The third-order valence-corrected chi connectivity index (χ3v) is 5.90. The van der Waals surface area contributed by atoms with Crippen LogP contribution in [0.15, 0.2) is 12.1 Å². The first kappa shape index (κ1) is 20.5. The summed E-state index contributed by atoms with van der Waals surface area (Å²) in [5.41, 5.74) is 3.77. The third kappa shape index (κ3) is 3.71. The number of rotatable bonds is 5. The maximum absolute atomic E-state index is 10.4. The summed E-state index contributed by atoms with van der Waals surface area (Å²) in [5, 5.41) is 32.0. The van der Waals surface area contributed by atoms with Crippen LogP contribution in [0.1, 0.15) is 33.6 Å². The van der Waals surface area contributed by atoms with E-state index in [9.17, 15) is 10.4 Å². The van der Waals surface area contributed by atoms with Crippen molar-refractivity contribution in [2.24, 2.45) is 0 Å². The van der Waals surface area contributed by atoms with E-state index in [1.165, 1.54) is 0 Å². The van der Waals surface area contributed by atoms with Crippen molar-refractivity contribution in [1.82, 2.24) is 14.9 Å². The molecule has 0 spiro atoms. The van der Waals surface area contributed by atoms with Gasteiger partial charge in [0.2, 0.25) is 0 Å². The summed E-state index contributed by atoms with van der Waals surface area (Å²) >= 11 is 6.24. The number of aliphatic hydroxyl groups is 1. The largest absolute Gasteiger partial charge is 0.379 e. The lowest BCUT2D eigenvalue weighted by Gasteiger charge is -2.36. The van der Waals surface area contributed by atoms with Crippen molar-refractivity contribution in [2.45, 2.75) is 32.0 Å². The molecule has 2 aliphatic heterocycles. The number of aryl methyl sites for hydroxylation is 1. The molecule has 2 aliphatic rings. The van der Waals surface area contributed by atoms with E-state index >= 15 is 0 Å². The van der Waals surface area contributed by atoms with Crippen LogP contribution in [0, 0.1) is 29.6 Å². The van der Waals surface area contributed by atoms with Gasteiger partial charge in [-0.25, -0.2) is 4.98 Å². The number of ether oxygens (including phenoxy) is 1. The molecule has 2 N–H and O–H groups in total. The molecular formula is C21H21ClN6O2. The zero-order valence-electron chi connectivity index (χ0n) is 16.6. The Morgan fingerprint density at radius 3 is 2.73 bits per heavy atom. The molecule has 1 fully saturated rings. The van der Waals surface area contributed by atoms with Gasteiger partial charge in [0.15, 0.2) is 5.60 Å². The summed E-state index contributed by atoms with van der Waals surface area (Å²) in [6.07, 6.45) is 0.698. The van der Waals surface area contributed by atoms with E-state index in [4.69, 9.17) is 21.6 Å². The summed E-state index contributed by atoms with van der Waals surface area (Å²) in [6.45, 7) is 4.61. The molecular weight excluding hydrogens is 404 g/mol. The average molecular weight is 425 g/mol. The maximum atomic E-state index is 10.4. The van der Waals surface area contributed by atoms with Crippen LogP contribution >= 0.6 is 11.6 Å². The van der Waals surface area contributed by atoms with Crippen LogP contribution < -0.4 is 5.32 Å². The second kappa shape index (κ2) is 8.17. The molecule has 0 radical (unpaired) electrons. The van der Waals surface area contributed by atoms with Gasteiger partial charge >= 0.3 is 0 Å². The Labute approximate surface area is 179 Å². The first-order chi connectivity index (χ1) is 14.4. The predicted molar refractivity (Wildman–Crippen MR) is 110 cm³/mol. The Hall–Kier alpha value is -2.75. The number of fused-ring (bicyclic) bond motifs is 1. The molecule has 0 aromatic carbocycles. The number of nitrogens with zero attached hydrogens (tertiary/aromatic N) is 5. The van der Waals surface area contributed by atoms with E-state index in [-0.39, 0.29) is 24.9 Å². The summed E-state index contributed by atoms with van der Waals surface area (Å²) in [7, 11) is 0. The van der Waals surface area contributed by atoms with Gasteiger partial charge in [0.05, 0.1) is 30.5 Å². The number of pyridine rings is 2. The molecule has 4 rings (SSSR count). The smallest absolute Gasteiger partial charge is 0.153 e. The summed E-state index contributed by atoms with van der Waals surface area (Å²) in [4.78, 5) is 11.1. The molecule has 154 valence electrons. The van der Waals surface area contributed by atoms with E-state index in [1.54, 1.807) is 0 Å². The number of nitrogens with one attached hydrogen (secondary N) is 1. The SMILES string of the molecule is Cc1nc(C2(O)COC2)ccc1CN1CCc2c(NCC#N)nc(Cl)c(C#N)c2C1. The second-order valence-corrected chi connectivity index (χ2v) is 7.99. The van der Waals surface area contributed by atoms with E-state index in [2.05, 4.69) is 26.3 Å². The molecule has 0 atom stereocenters. The lowest BCUT2D eigenvalue weighted by molar-refractivity contribution is -0.186. The third-order valence-electron chi connectivity index (χ3n) is 5.62. The Kier molecular flexibility index (Phi) is 5.59. The number of anilines is 1. The molecule has 0 saturated carbocycles. The predicted octanol–water partition coefficient (Wildman–Crippen LogP) is 2.02. The molecule has 9 heteroatoms. The Bertz CT molecular complexity index is 1070. The van der Waals surface area contributed by atoms with Gasteiger partial charge in [-0.3, -0.25) is 9.88 Å². The minimum absolute atomic E-state index is 0.125. The Morgan fingerprint density at radius 2 is 2.10 bits per heavy atom. The summed E-state index contributed by atoms with van der Waals surface area (Å²) in [5.74, 6) is 0.577. The van der Waals surface area contributed by atoms with Gasteiger partial charge in [-0.05, 0) is 30.5 Å². The van der Waals surface area contributed by atoms with Crippen molar-refractivity contribution < 1.29 is 9.84 Å². The number of nitriles is 2. The summed E-state index contributed by atoms with van der Waals surface area (Å²) in [6, 6.07) is 8.06. The molecule has 30 heavy (non-hydrogen) atoms. The van der Waals surface area contributed by atoms with Crippen molar-refractivity contribution in [1.29, 1.82) is 10.5 Å². The van der Waals surface area contributed by atoms with E-state index in [1.807, 2.05) is 25.1 Å². The molecule has 2 aromatic rings. The van der Waals surface area contributed by atoms with Crippen LogP contribution in [0.2, 0.25) is 5.15 Å². The monoisotopic (exact) mass is 424 g/mol. The minimum atomic E-state index is -0.981. The normalized spacial score (nSPS) is 17.4. The van der Waals surface area contributed by atoms with Crippen molar-refractivity contribution in [3.8, 4) is 12.1 Å². The highest BCUT2D eigenvalue weighted by Gasteiger charge is 2.39. The molecule has 4 heterocycles. The molecule has 2 aromatic heterocycles. The topological polar surface area (TPSA) is 118 Å². The van der Waals surface area contributed by atoms with Crippen LogP contribution in [0.5, 0.6) is 0 Å². The van der Waals surface area contributed by atoms with Crippen LogP contribution in [0.3, 0.4) is 0 Å². The van der Waals surface area contributed by atoms with E-state index in [0.717, 1.165) is 28.9 Å². The van der Waals surface area contributed by atoms with Gasteiger partial charge in [-0.1, -0.05) is 17.7 Å². The van der Waals surface area contributed by atoms with Gasteiger partial charge in [0.1, 0.15) is 23.6 Å². The number of hydrogen-bond donors (Lipinski definition) is 2. The number of aromatic nitrogens is 2. The Balaban J connectivity index is 1.57. The van der Waals surface area contributed by atoms with Crippen molar-refractivity contribution >= 4 is 17.4 Å². The van der Waals surface area contributed by atoms with Crippen molar-refractivity contribution in [2.75, 3.05) is 31.6 Å². The molecule has 1 saturated heterocycles. The molecule has 0 unspecified atom stereocenters. The molecule has 0 bridgehead atoms. The standard InChI is InChI=1S/C21H21ClN6O2/c1-13-14(2-3-18(26-13)21(29)11-30-12-21)9-28-7-4-15-17(10-28)16(8-24)19(22)27-20(15)25-6-5-23/h2-3,29H,4,6-7,9-12H2,1H3,(H,25,27). The van der Waals surface area contributed by atoms with E-state index in [0.29, 0.717) is 36.6 Å². The fourth-order valence-electron chi connectivity index (χ4n) is 3.87. The second-order valence-electron chi connectivity index (χ2n) is 7.63. The lowest BCUT2D eigenvalue weighted by Crippen LogP contribution is -2.47. The van der Waals surface area contributed by atoms with Gasteiger partial charge in [-0.2, -0.15) is 10.5 Å². The van der Waals surface area contributed by atoms with Crippen LogP contribution in [0.4, 0.5) is 5.82 Å². The summed E-state index contributed by atoms with van der Waals surface area (Å²) < 4.78 is 5.12. The average Bonchev–Trinajstić information content (AvgIpc) is 2.71. The Morgan fingerprint density at radius 1 is 1.30 bits per heavy atom. The first-order valence-corrected chi connectivity index (χ1v) is 10.0. The quantitative estimate of drug-likeness (QED) is 0.552. The molecule has 8 nitrogen and oxygen atoms in total. The molecule has 0 aliphatic carbocycles. The first-order valence-electron chi connectivity index (χ1n) is 9.67. The van der Waals surface area contributed by atoms with Crippen molar-refractivity contribution in [3.63, 3.8) is 0 Å². The van der Waals surface area contributed by atoms with Crippen molar-refractivity contribution in [3.05, 3.63) is 50.9 Å². The van der Waals surface area contributed by atoms with Gasteiger partial charge in [-0.15, -0.1) is 0 Å². The minimum Gasteiger partial charge on any atom is -0.379 e. The zero-order valence-corrected chi connectivity index (χ0v) is 17.3.